The molecule has 0 spiro atoms. The van der Waals surface area contributed by atoms with Crippen LogP contribution in [0.25, 0.3) is 0 Å². The average molecular weight is 463 g/mol. The summed E-state index contributed by atoms with van der Waals surface area (Å²) >= 11 is 1.78. The lowest BCUT2D eigenvalue weighted by Crippen LogP contribution is -2.53. The van der Waals surface area contributed by atoms with Gasteiger partial charge in [0.15, 0.2) is 5.96 Å². The third-order valence-corrected chi connectivity index (χ3v) is 5.39. The molecule has 0 atom stereocenters. The Morgan fingerprint density at radius 1 is 1.17 bits per heavy atom. The van der Waals surface area contributed by atoms with Gasteiger partial charge >= 0.3 is 0 Å². The molecule has 2 aliphatic rings. The first-order valence-electron chi connectivity index (χ1n) is 8.30. The summed E-state index contributed by atoms with van der Waals surface area (Å²) in [5.74, 6) is 1.02. The maximum Gasteiger partial charge on any atom is 0.241 e. The fourth-order valence-electron chi connectivity index (χ4n) is 3.15. The Hall–Kier alpha value is -1.03. The van der Waals surface area contributed by atoms with E-state index in [1.165, 1.54) is 5.00 Å². The molecule has 134 valence electrons. The summed E-state index contributed by atoms with van der Waals surface area (Å²) < 4.78 is 0. The number of nitrogens with one attached hydrogen (secondary N) is 1. The topological polar surface area (TPSA) is 51.2 Å². The van der Waals surface area contributed by atoms with Gasteiger partial charge in [-0.25, -0.2) is 0 Å². The molecule has 0 bridgehead atoms. The monoisotopic (exact) mass is 463 g/mol. The molecule has 0 unspecified atom stereocenters. The molecule has 3 heterocycles. The predicted octanol–water partition coefficient (Wildman–Crippen LogP) is 1.69. The quantitative estimate of drug-likeness (QED) is 0.421. The van der Waals surface area contributed by atoms with Gasteiger partial charge in [-0.05, 0) is 30.4 Å². The molecule has 1 aromatic rings. The lowest BCUT2D eigenvalue weighted by atomic mass is 10.3. The van der Waals surface area contributed by atoms with Crippen LogP contribution in [0.15, 0.2) is 22.5 Å². The fraction of sp³-hybridized carbons (Fsp3) is 0.625. The molecule has 1 amide bonds. The van der Waals surface area contributed by atoms with Crippen molar-refractivity contribution in [2.75, 3.05) is 57.8 Å². The van der Waals surface area contributed by atoms with Crippen LogP contribution in [0, 0.1) is 0 Å². The molecule has 6 nitrogen and oxygen atoms in total. The number of halogens is 1. The summed E-state index contributed by atoms with van der Waals surface area (Å²) in [6.07, 6.45) is 2.26. The van der Waals surface area contributed by atoms with Gasteiger partial charge in [0.1, 0.15) is 0 Å². The van der Waals surface area contributed by atoms with Crippen molar-refractivity contribution < 1.29 is 4.79 Å². The second-order valence-electron chi connectivity index (χ2n) is 5.91. The first kappa shape index (κ1) is 19.3. The zero-order valence-corrected chi connectivity index (χ0v) is 17.3. The van der Waals surface area contributed by atoms with Gasteiger partial charge in [0.2, 0.25) is 5.91 Å². The molecule has 0 radical (unpaired) electrons. The number of amides is 1. The van der Waals surface area contributed by atoms with Crippen LogP contribution in [0.4, 0.5) is 5.00 Å². The Kier molecular flexibility index (Phi) is 7.60. The predicted molar refractivity (Wildman–Crippen MR) is 111 cm³/mol. The van der Waals surface area contributed by atoms with Gasteiger partial charge in [-0.1, -0.05) is 0 Å². The lowest BCUT2D eigenvalue weighted by molar-refractivity contribution is -0.128. The van der Waals surface area contributed by atoms with Crippen LogP contribution in [0.3, 0.4) is 0 Å². The van der Waals surface area contributed by atoms with E-state index in [1.54, 1.807) is 18.4 Å². The normalized spacial score (nSPS) is 18.5. The maximum atomic E-state index is 12.1. The number of aliphatic imine (C=N–C) groups is 1. The van der Waals surface area contributed by atoms with Crippen LogP contribution in [-0.2, 0) is 4.79 Å². The zero-order valence-electron chi connectivity index (χ0n) is 14.1. The van der Waals surface area contributed by atoms with Crippen molar-refractivity contribution in [2.24, 2.45) is 4.99 Å². The van der Waals surface area contributed by atoms with E-state index < -0.39 is 0 Å². The fourth-order valence-corrected chi connectivity index (χ4v) is 3.94. The van der Waals surface area contributed by atoms with E-state index in [0.29, 0.717) is 6.54 Å². The molecule has 1 N–H and O–H groups in total. The number of nitrogens with zero attached hydrogens (tertiary/aromatic N) is 4. The maximum absolute atomic E-state index is 12.1. The standard InChI is InChI=1S/C16H25N5OS.HI/c1-17-16(18-13-14(22)19-6-2-3-7-19)21-10-8-20(9-11-21)15-5-4-12-23-15;/h4-5,12H,2-3,6-11,13H2,1H3,(H,17,18);1H. The number of likely N-dealkylation sites (tertiary alicyclic amines) is 1. The zero-order chi connectivity index (χ0) is 16.1. The van der Waals surface area contributed by atoms with E-state index >= 15 is 0 Å². The Morgan fingerprint density at radius 2 is 1.88 bits per heavy atom. The SMILES string of the molecule is CN=C(NCC(=O)N1CCCC1)N1CCN(c2cccs2)CC1.I. The molecule has 24 heavy (non-hydrogen) atoms. The van der Waals surface area contributed by atoms with Crippen molar-refractivity contribution in [1.82, 2.24) is 15.1 Å². The van der Waals surface area contributed by atoms with Crippen LogP contribution < -0.4 is 10.2 Å². The molecular weight excluding hydrogens is 437 g/mol. The number of carbonyl (C=O) groups excluding carboxylic acids is 1. The summed E-state index contributed by atoms with van der Waals surface area (Å²) in [5.41, 5.74) is 0. The van der Waals surface area contributed by atoms with E-state index in [-0.39, 0.29) is 29.9 Å². The highest BCUT2D eigenvalue weighted by Crippen LogP contribution is 2.22. The molecule has 2 saturated heterocycles. The number of hydrogen-bond donors (Lipinski definition) is 1. The summed E-state index contributed by atoms with van der Waals surface area (Å²) in [7, 11) is 1.79. The van der Waals surface area contributed by atoms with E-state index in [1.807, 2.05) is 4.90 Å². The van der Waals surface area contributed by atoms with Gasteiger partial charge in [-0.2, -0.15) is 0 Å². The molecule has 0 aromatic carbocycles. The summed E-state index contributed by atoms with van der Waals surface area (Å²) in [6, 6.07) is 4.26. The summed E-state index contributed by atoms with van der Waals surface area (Å²) in [5, 5.41) is 6.68. The van der Waals surface area contributed by atoms with Gasteiger partial charge in [0.05, 0.1) is 11.5 Å². The van der Waals surface area contributed by atoms with Crippen molar-refractivity contribution in [3.05, 3.63) is 17.5 Å². The number of anilines is 1. The van der Waals surface area contributed by atoms with Gasteiger partial charge in [0.25, 0.3) is 0 Å². The molecule has 2 aliphatic heterocycles. The minimum absolute atomic E-state index is 0. The van der Waals surface area contributed by atoms with Crippen LogP contribution in [0.1, 0.15) is 12.8 Å². The summed E-state index contributed by atoms with van der Waals surface area (Å²) in [4.78, 5) is 23.1. The van der Waals surface area contributed by atoms with Crippen molar-refractivity contribution in [1.29, 1.82) is 0 Å². The highest BCUT2D eigenvalue weighted by molar-refractivity contribution is 14.0. The largest absolute Gasteiger partial charge is 0.360 e. The summed E-state index contributed by atoms with van der Waals surface area (Å²) in [6.45, 7) is 5.97. The van der Waals surface area contributed by atoms with E-state index in [0.717, 1.165) is 58.1 Å². The van der Waals surface area contributed by atoms with Gasteiger partial charge in [-0.3, -0.25) is 9.79 Å². The van der Waals surface area contributed by atoms with Crippen LogP contribution in [0.2, 0.25) is 0 Å². The van der Waals surface area contributed by atoms with Crippen LogP contribution in [-0.4, -0.2) is 74.5 Å². The smallest absolute Gasteiger partial charge is 0.241 e. The molecule has 0 aliphatic carbocycles. The molecule has 3 rings (SSSR count). The Bertz CT molecular complexity index is 537. The second kappa shape index (κ2) is 9.45. The van der Waals surface area contributed by atoms with Crippen molar-refractivity contribution in [2.45, 2.75) is 12.8 Å². The Labute approximate surface area is 164 Å². The number of guanidine groups is 1. The van der Waals surface area contributed by atoms with Crippen molar-refractivity contribution in [3.8, 4) is 0 Å². The first-order chi connectivity index (χ1) is 11.3. The highest BCUT2D eigenvalue weighted by Gasteiger charge is 2.22. The number of thiophene rings is 1. The minimum Gasteiger partial charge on any atom is -0.360 e. The molecule has 1 aromatic heterocycles. The molecular formula is C16H26IN5OS. The lowest BCUT2D eigenvalue weighted by Gasteiger charge is -2.37. The number of piperazine rings is 1. The van der Waals surface area contributed by atoms with Crippen LogP contribution >= 0.6 is 35.3 Å². The highest BCUT2D eigenvalue weighted by atomic mass is 127. The number of carbonyl (C=O) groups is 1. The van der Waals surface area contributed by atoms with Crippen LogP contribution in [0.5, 0.6) is 0 Å². The average Bonchev–Trinajstić information content (AvgIpc) is 3.29. The minimum atomic E-state index is 0. The van der Waals surface area contributed by atoms with Gasteiger partial charge in [0, 0.05) is 46.3 Å². The van der Waals surface area contributed by atoms with Crippen molar-refractivity contribution >= 4 is 52.2 Å². The van der Waals surface area contributed by atoms with Crippen molar-refractivity contribution in [3.63, 3.8) is 0 Å². The van der Waals surface area contributed by atoms with E-state index in [2.05, 4.69) is 37.6 Å². The first-order valence-corrected chi connectivity index (χ1v) is 9.18. The number of hydrogen-bond acceptors (Lipinski definition) is 4. The molecule has 0 saturated carbocycles. The van der Waals surface area contributed by atoms with E-state index in [4.69, 9.17) is 0 Å². The van der Waals surface area contributed by atoms with Gasteiger partial charge in [-0.15, -0.1) is 35.3 Å². The molecule has 8 heteroatoms. The Morgan fingerprint density at radius 3 is 2.46 bits per heavy atom. The van der Waals surface area contributed by atoms with Gasteiger partial charge < -0.3 is 20.0 Å². The number of rotatable bonds is 3. The third-order valence-electron chi connectivity index (χ3n) is 4.47. The third kappa shape index (κ3) is 4.75. The Balaban J connectivity index is 0.00000208. The van der Waals surface area contributed by atoms with E-state index in [9.17, 15) is 4.79 Å². The second-order valence-corrected chi connectivity index (χ2v) is 6.84. The molecule has 2 fully saturated rings.